The zero-order chi connectivity index (χ0) is 18.8. The van der Waals surface area contributed by atoms with Crippen molar-refractivity contribution in [3.63, 3.8) is 0 Å². The molecular weight excluding hydrogens is 348 g/mol. The third-order valence-corrected chi connectivity index (χ3v) is 6.48. The van der Waals surface area contributed by atoms with Crippen LogP contribution in [0, 0.1) is 5.92 Å². The van der Waals surface area contributed by atoms with E-state index in [4.69, 9.17) is 4.74 Å². The average molecular weight is 383 g/mol. The van der Waals surface area contributed by atoms with Gasteiger partial charge >= 0.3 is 0 Å². The first-order valence-corrected chi connectivity index (χ1v) is 11.4. The number of benzene rings is 1. The molecule has 1 atom stereocenters. The number of ether oxygens (including phenoxy) is 1. The lowest BCUT2D eigenvalue weighted by molar-refractivity contribution is 0.204. The predicted octanol–water partition coefficient (Wildman–Crippen LogP) is 3.20. The second kappa shape index (κ2) is 11.0. The first-order chi connectivity index (χ1) is 12.5. The normalized spacial score (nSPS) is 17.3. The van der Waals surface area contributed by atoms with E-state index in [1.54, 1.807) is 7.11 Å². The lowest BCUT2D eigenvalue weighted by atomic mass is 9.85. The smallest absolute Gasteiger partial charge is 0.215 e. The Morgan fingerprint density at radius 3 is 2.54 bits per heavy atom. The first-order valence-electron chi connectivity index (χ1n) is 9.76. The fraction of sp³-hybridized carbons (Fsp3) is 0.700. The highest BCUT2D eigenvalue weighted by Gasteiger charge is 2.17. The number of sulfonamides is 1. The lowest BCUT2D eigenvalue weighted by Gasteiger charge is -2.25. The van der Waals surface area contributed by atoms with Crippen LogP contribution in [0.2, 0.25) is 0 Å². The molecule has 26 heavy (non-hydrogen) atoms. The van der Waals surface area contributed by atoms with E-state index in [0.29, 0.717) is 25.7 Å². The van der Waals surface area contributed by atoms with Crippen molar-refractivity contribution < 1.29 is 13.2 Å². The number of nitrogens with one attached hydrogen (secondary N) is 2. The Balaban J connectivity index is 1.87. The molecule has 1 aromatic rings. The Morgan fingerprint density at radius 1 is 1.15 bits per heavy atom. The average Bonchev–Trinajstić information content (AvgIpc) is 2.61. The summed E-state index contributed by atoms with van der Waals surface area (Å²) in [4.78, 5) is 0. The molecule has 1 unspecified atom stereocenters. The van der Waals surface area contributed by atoms with Gasteiger partial charge in [-0.2, -0.15) is 0 Å². The Bertz CT molecular complexity index is 628. The largest absolute Gasteiger partial charge is 0.383 e. The van der Waals surface area contributed by atoms with Gasteiger partial charge < -0.3 is 10.1 Å². The standard InChI is InChI=1S/C20H34N2O3S/c1-17(14-18-8-4-3-5-9-18)21-15-19-10-6-7-11-20(19)16-26(23,24)22-12-13-25-2/h6-7,10-11,17-18,21-22H,3-5,8-9,12-16H2,1-2H3. The molecule has 1 aromatic carbocycles. The molecule has 0 saturated heterocycles. The molecule has 1 fully saturated rings. The minimum Gasteiger partial charge on any atom is -0.383 e. The van der Waals surface area contributed by atoms with Crippen LogP contribution in [0.15, 0.2) is 24.3 Å². The van der Waals surface area contributed by atoms with E-state index in [1.165, 1.54) is 38.5 Å². The van der Waals surface area contributed by atoms with E-state index in [1.807, 2.05) is 24.3 Å². The molecular formula is C20H34N2O3S. The number of hydrogen-bond donors (Lipinski definition) is 2. The van der Waals surface area contributed by atoms with Crippen LogP contribution in [0.1, 0.15) is 56.6 Å². The number of hydrogen-bond acceptors (Lipinski definition) is 4. The fourth-order valence-corrected chi connectivity index (χ4v) is 4.90. The highest BCUT2D eigenvalue weighted by atomic mass is 32.2. The van der Waals surface area contributed by atoms with Crippen LogP contribution < -0.4 is 10.0 Å². The summed E-state index contributed by atoms with van der Waals surface area (Å²) in [6.45, 7) is 3.62. The molecule has 1 aliphatic carbocycles. The topological polar surface area (TPSA) is 67.4 Å². The van der Waals surface area contributed by atoms with Gasteiger partial charge in [-0.25, -0.2) is 13.1 Å². The van der Waals surface area contributed by atoms with Crippen molar-refractivity contribution in [3.8, 4) is 0 Å². The third-order valence-electron chi connectivity index (χ3n) is 5.14. The maximum atomic E-state index is 12.2. The Kier molecular flexibility index (Phi) is 9.05. The summed E-state index contributed by atoms with van der Waals surface area (Å²) in [5.74, 6) is 0.845. The third kappa shape index (κ3) is 7.74. The van der Waals surface area contributed by atoms with Crippen LogP contribution in [0.4, 0.5) is 0 Å². The van der Waals surface area contributed by atoms with Crippen molar-refractivity contribution in [1.29, 1.82) is 0 Å². The summed E-state index contributed by atoms with van der Waals surface area (Å²) in [7, 11) is -1.79. The molecule has 2 rings (SSSR count). The predicted molar refractivity (Wildman–Crippen MR) is 106 cm³/mol. The molecule has 5 nitrogen and oxygen atoms in total. The Hall–Kier alpha value is -0.950. The van der Waals surface area contributed by atoms with Gasteiger partial charge in [0, 0.05) is 26.2 Å². The molecule has 0 amide bonds. The van der Waals surface area contributed by atoms with E-state index < -0.39 is 10.0 Å². The van der Waals surface area contributed by atoms with Gasteiger partial charge in [0.25, 0.3) is 0 Å². The molecule has 2 N–H and O–H groups in total. The zero-order valence-electron chi connectivity index (χ0n) is 16.2. The lowest BCUT2D eigenvalue weighted by Crippen LogP contribution is -2.30. The number of rotatable bonds is 11. The van der Waals surface area contributed by atoms with E-state index in [9.17, 15) is 8.42 Å². The van der Waals surface area contributed by atoms with Gasteiger partial charge in [-0.1, -0.05) is 56.4 Å². The van der Waals surface area contributed by atoms with E-state index >= 15 is 0 Å². The molecule has 0 heterocycles. The maximum Gasteiger partial charge on any atom is 0.215 e. The van der Waals surface area contributed by atoms with Gasteiger partial charge in [0.05, 0.1) is 12.4 Å². The minimum atomic E-state index is -3.35. The van der Waals surface area contributed by atoms with Crippen LogP contribution in [0.3, 0.4) is 0 Å². The molecule has 0 radical (unpaired) electrons. The second-order valence-corrected chi connectivity index (χ2v) is 9.24. The molecule has 148 valence electrons. The van der Waals surface area contributed by atoms with E-state index in [2.05, 4.69) is 17.0 Å². The summed E-state index contributed by atoms with van der Waals surface area (Å²) in [6.07, 6.45) is 8.04. The molecule has 0 aliphatic heterocycles. The summed E-state index contributed by atoms with van der Waals surface area (Å²) in [5.41, 5.74) is 1.91. The van der Waals surface area contributed by atoms with Crippen molar-refractivity contribution in [2.75, 3.05) is 20.3 Å². The summed E-state index contributed by atoms with van der Waals surface area (Å²) in [5, 5.41) is 3.59. The SMILES string of the molecule is COCCNS(=O)(=O)Cc1ccccc1CNC(C)CC1CCCCC1. The van der Waals surface area contributed by atoms with Crippen LogP contribution in [-0.2, 0) is 27.1 Å². The fourth-order valence-electron chi connectivity index (χ4n) is 3.72. The molecule has 0 spiro atoms. The maximum absolute atomic E-state index is 12.2. The summed E-state index contributed by atoms with van der Waals surface area (Å²) >= 11 is 0. The Morgan fingerprint density at radius 2 is 1.85 bits per heavy atom. The van der Waals surface area contributed by atoms with E-state index in [0.717, 1.165) is 17.0 Å². The van der Waals surface area contributed by atoms with Gasteiger partial charge in [0.1, 0.15) is 0 Å². The van der Waals surface area contributed by atoms with Crippen LogP contribution in [-0.4, -0.2) is 34.7 Å². The first kappa shape index (κ1) is 21.4. The highest BCUT2D eigenvalue weighted by molar-refractivity contribution is 7.88. The van der Waals surface area contributed by atoms with Crippen molar-refractivity contribution in [3.05, 3.63) is 35.4 Å². The van der Waals surface area contributed by atoms with Crippen LogP contribution in [0.25, 0.3) is 0 Å². The van der Waals surface area contributed by atoms with E-state index in [-0.39, 0.29) is 5.75 Å². The molecule has 0 aromatic heterocycles. The summed E-state index contributed by atoms with van der Waals surface area (Å²) in [6, 6.07) is 8.23. The monoisotopic (exact) mass is 382 g/mol. The molecule has 1 aliphatic rings. The Labute approximate surface area is 159 Å². The van der Waals surface area contributed by atoms with Gasteiger partial charge in [-0.05, 0) is 30.4 Å². The minimum absolute atomic E-state index is 0.00553. The van der Waals surface area contributed by atoms with Gasteiger partial charge in [0.15, 0.2) is 0 Å². The molecule has 1 saturated carbocycles. The van der Waals surface area contributed by atoms with Gasteiger partial charge in [-0.3, -0.25) is 0 Å². The van der Waals surface area contributed by atoms with Crippen LogP contribution in [0.5, 0.6) is 0 Å². The van der Waals surface area contributed by atoms with Crippen molar-refractivity contribution in [2.24, 2.45) is 5.92 Å². The highest BCUT2D eigenvalue weighted by Crippen LogP contribution is 2.27. The van der Waals surface area contributed by atoms with Gasteiger partial charge in [0.2, 0.25) is 10.0 Å². The second-order valence-electron chi connectivity index (χ2n) is 7.44. The quantitative estimate of drug-likeness (QED) is 0.577. The zero-order valence-corrected chi connectivity index (χ0v) is 17.0. The van der Waals surface area contributed by atoms with Crippen molar-refractivity contribution in [2.45, 2.75) is 63.8 Å². The van der Waals surface area contributed by atoms with Crippen LogP contribution >= 0.6 is 0 Å². The summed E-state index contributed by atoms with van der Waals surface area (Å²) < 4.78 is 32.0. The molecule has 0 bridgehead atoms. The molecule has 6 heteroatoms. The van der Waals surface area contributed by atoms with Gasteiger partial charge in [-0.15, -0.1) is 0 Å². The van der Waals surface area contributed by atoms with Crippen molar-refractivity contribution >= 4 is 10.0 Å². The van der Waals surface area contributed by atoms with Crippen molar-refractivity contribution in [1.82, 2.24) is 10.0 Å². The number of methoxy groups -OCH3 is 1.